The van der Waals surface area contributed by atoms with Gasteiger partial charge in [0.15, 0.2) is 0 Å². The second-order valence-corrected chi connectivity index (χ2v) is 6.40. The van der Waals surface area contributed by atoms with Gasteiger partial charge in [-0.2, -0.15) is 0 Å². The highest BCUT2D eigenvalue weighted by Gasteiger charge is 2.22. The van der Waals surface area contributed by atoms with Crippen LogP contribution in [0.2, 0.25) is 0 Å². The molecule has 6 nitrogen and oxygen atoms in total. The van der Waals surface area contributed by atoms with Crippen LogP contribution in [0, 0.1) is 0 Å². The number of hydrogen-bond donors (Lipinski definition) is 2. The van der Waals surface area contributed by atoms with Gasteiger partial charge in [0, 0.05) is 24.2 Å². The number of nitrogen functional groups attached to an aromatic ring is 1. The molecule has 21 heavy (non-hydrogen) atoms. The number of furan rings is 1. The smallest absolute Gasteiger partial charge is 0.244 e. The summed E-state index contributed by atoms with van der Waals surface area (Å²) in [5.74, 6) is 0.933. The highest BCUT2D eigenvalue weighted by molar-refractivity contribution is 7.89. The van der Waals surface area contributed by atoms with Gasteiger partial charge in [0.1, 0.15) is 16.4 Å². The molecule has 0 bridgehead atoms. The molecule has 0 saturated heterocycles. The highest BCUT2D eigenvalue weighted by Crippen LogP contribution is 2.26. The average molecular weight is 310 g/mol. The zero-order chi connectivity index (χ0) is 15.5. The second-order valence-electron chi connectivity index (χ2n) is 4.72. The quantitative estimate of drug-likeness (QED) is 0.793. The van der Waals surface area contributed by atoms with E-state index in [-0.39, 0.29) is 16.7 Å². The fraction of sp³-hybridized carbons (Fsp3) is 0.286. The van der Waals surface area contributed by atoms with Gasteiger partial charge in [0.25, 0.3) is 0 Å². The highest BCUT2D eigenvalue weighted by atomic mass is 32.2. The standard InChI is InChI=1S/C14H18N2O4S/c1-10(8-12-4-3-7-20-12)16-21(17,18)14-6-5-11(15)9-13(14)19-2/h3-7,9-10,16H,8,15H2,1-2H3. The van der Waals surface area contributed by atoms with E-state index in [9.17, 15) is 8.42 Å². The van der Waals surface area contributed by atoms with Crippen LogP contribution in [0.4, 0.5) is 5.69 Å². The molecule has 2 aromatic rings. The van der Waals surface area contributed by atoms with E-state index in [0.717, 1.165) is 5.76 Å². The van der Waals surface area contributed by atoms with Gasteiger partial charge in [-0.3, -0.25) is 0 Å². The van der Waals surface area contributed by atoms with E-state index in [1.54, 1.807) is 25.3 Å². The summed E-state index contributed by atoms with van der Waals surface area (Å²) in [4.78, 5) is 0.0606. The molecule has 0 aliphatic rings. The minimum absolute atomic E-state index is 0.0606. The van der Waals surface area contributed by atoms with Crippen molar-refractivity contribution in [1.29, 1.82) is 0 Å². The Kier molecular flexibility index (Phi) is 4.54. The first kappa shape index (κ1) is 15.4. The lowest BCUT2D eigenvalue weighted by Crippen LogP contribution is -2.34. The molecular formula is C14H18N2O4S. The lowest BCUT2D eigenvalue weighted by atomic mass is 10.2. The normalized spacial score (nSPS) is 13.0. The number of hydrogen-bond acceptors (Lipinski definition) is 5. The zero-order valence-electron chi connectivity index (χ0n) is 11.9. The van der Waals surface area contributed by atoms with Crippen LogP contribution in [-0.4, -0.2) is 21.6 Å². The molecule has 1 aromatic heterocycles. The summed E-state index contributed by atoms with van der Waals surface area (Å²) in [5.41, 5.74) is 6.07. The summed E-state index contributed by atoms with van der Waals surface area (Å²) in [5, 5.41) is 0. The van der Waals surface area contributed by atoms with Crippen molar-refractivity contribution in [3.63, 3.8) is 0 Å². The number of anilines is 1. The largest absolute Gasteiger partial charge is 0.495 e. The van der Waals surface area contributed by atoms with Crippen molar-refractivity contribution in [1.82, 2.24) is 4.72 Å². The van der Waals surface area contributed by atoms with Gasteiger partial charge in [0.05, 0.1) is 13.4 Å². The summed E-state index contributed by atoms with van der Waals surface area (Å²) in [6.45, 7) is 1.77. The van der Waals surface area contributed by atoms with Gasteiger partial charge in [-0.1, -0.05) is 0 Å². The zero-order valence-corrected chi connectivity index (χ0v) is 12.7. The number of methoxy groups -OCH3 is 1. The number of ether oxygens (including phenoxy) is 1. The van der Waals surface area contributed by atoms with Crippen LogP contribution in [0.5, 0.6) is 5.75 Å². The second kappa shape index (κ2) is 6.19. The van der Waals surface area contributed by atoms with Crippen molar-refractivity contribution < 1.29 is 17.6 Å². The maximum atomic E-state index is 12.4. The Labute approximate surface area is 124 Å². The maximum absolute atomic E-state index is 12.4. The molecule has 1 atom stereocenters. The van der Waals surface area contributed by atoms with Crippen molar-refractivity contribution in [2.45, 2.75) is 24.3 Å². The molecule has 0 spiro atoms. The van der Waals surface area contributed by atoms with Crippen LogP contribution in [0.15, 0.2) is 45.9 Å². The molecule has 1 aromatic carbocycles. The van der Waals surface area contributed by atoms with Crippen LogP contribution < -0.4 is 15.2 Å². The first-order valence-corrected chi connectivity index (χ1v) is 7.89. The number of nitrogens with one attached hydrogen (secondary N) is 1. The first-order valence-electron chi connectivity index (χ1n) is 6.40. The van der Waals surface area contributed by atoms with Crippen LogP contribution in [-0.2, 0) is 16.4 Å². The van der Waals surface area contributed by atoms with Gasteiger partial charge < -0.3 is 14.9 Å². The molecule has 0 aliphatic carbocycles. The third-order valence-corrected chi connectivity index (χ3v) is 4.55. The Hall–Kier alpha value is -1.99. The van der Waals surface area contributed by atoms with Gasteiger partial charge >= 0.3 is 0 Å². The van der Waals surface area contributed by atoms with Gasteiger partial charge in [-0.25, -0.2) is 13.1 Å². The van der Waals surface area contributed by atoms with Crippen LogP contribution in [0.1, 0.15) is 12.7 Å². The minimum Gasteiger partial charge on any atom is -0.495 e. The fourth-order valence-corrected chi connectivity index (χ4v) is 3.40. The SMILES string of the molecule is COc1cc(N)ccc1S(=O)(=O)NC(C)Cc1ccco1. The summed E-state index contributed by atoms with van der Waals surface area (Å²) in [6, 6.07) is 7.67. The summed E-state index contributed by atoms with van der Waals surface area (Å²) in [7, 11) is -2.29. The molecule has 0 aliphatic heterocycles. The van der Waals surface area contributed by atoms with Crippen molar-refractivity contribution in [2.75, 3.05) is 12.8 Å². The van der Waals surface area contributed by atoms with Crippen LogP contribution in [0.3, 0.4) is 0 Å². The number of benzene rings is 1. The number of sulfonamides is 1. The molecule has 3 N–H and O–H groups in total. The Morgan fingerprint density at radius 1 is 1.38 bits per heavy atom. The van der Waals surface area contributed by atoms with E-state index in [0.29, 0.717) is 12.1 Å². The van der Waals surface area contributed by atoms with Crippen LogP contribution >= 0.6 is 0 Å². The lowest BCUT2D eigenvalue weighted by molar-refractivity contribution is 0.402. The van der Waals surface area contributed by atoms with E-state index in [1.807, 2.05) is 0 Å². The summed E-state index contributed by atoms with van der Waals surface area (Å²) < 4.78 is 37.7. The number of rotatable bonds is 6. The Bertz CT molecular complexity index is 696. The van der Waals surface area contributed by atoms with Crippen molar-refractivity contribution in [3.8, 4) is 5.75 Å². The molecule has 1 unspecified atom stereocenters. The summed E-state index contributed by atoms with van der Waals surface area (Å²) >= 11 is 0. The monoisotopic (exact) mass is 310 g/mol. The first-order chi connectivity index (χ1) is 9.92. The average Bonchev–Trinajstić information content (AvgIpc) is 2.90. The molecular weight excluding hydrogens is 292 g/mol. The predicted octanol–water partition coefficient (Wildman–Crippen LogP) is 1.78. The molecule has 2 rings (SSSR count). The van der Waals surface area contributed by atoms with Gasteiger partial charge in [-0.15, -0.1) is 0 Å². The molecule has 0 saturated carbocycles. The summed E-state index contributed by atoms with van der Waals surface area (Å²) in [6.07, 6.45) is 2.02. The van der Waals surface area contributed by atoms with Crippen molar-refractivity contribution in [3.05, 3.63) is 42.4 Å². The molecule has 1 heterocycles. The van der Waals surface area contributed by atoms with E-state index in [2.05, 4.69) is 4.72 Å². The minimum atomic E-state index is -3.69. The fourth-order valence-electron chi connectivity index (χ4n) is 2.01. The molecule has 0 fully saturated rings. The van der Waals surface area contributed by atoms with Crippen molar-refractivity contribution in [2.24, 2.45) is 0 Å². The Morgan fingerprint density at radius 2 is 2.14 bits per heavy atom. The Morgan fingerprint density at radius 3 is 2.76 bits per heavy atom. The molecule has 7 heteroatoms. The van der Waals surface area contributed by atoms with Gasteiger partial charge in [0.2, 0.25) is 10.0 Å². The molecule has 114 valence electrons. The third-order valence-electron chi connectivity index (χ3n) is 2.92. The van der Waals surface area contributed by atoms with E-state index < -0.39 is 10.0 Å². The maximum Gasteiger partial charge on any atom is 0.244 e. The number of nitrogens with two attached hydrogens (primary N) is 1. The Balaban J connectivity index is 2.18. The van der Waals surface area contributed by atoms with Crippen LogP contribution in [0.25, 0.3) is 0 Å². The van der Waals surface area contributed by atoms with Crippen molar-refractivity contribution >= 4 is 15.7 Å². The molecule has 0 radical (unpaired) electrons. The topological polar surface area (TPSA) is 94.6 Å². The predicted molar refractivity (Wildman–Crippen MR) is 79.6 cm³/mol. The van der Waals surface area contributed by atoms with E-state index in [4.69, 9.17) is 14.9 Å². The van der Waals surface area contributed by atoms with Gasteiger partial charge in [-0.05, 0) is 31.2 Å². The van der Waals surface area contributed by atoms with E-state index in [1.165, 1.54) is 25.3 Å². The van der Waals surface area contributed by atoms with E-state index >= 15 is 0 Å². The lowest BCUT2D eigenvalue weighted by Gasteiger charge is -2.15. The third kappa shape index (κ3) is 3.77. The molecule has 0 amide bonds.